The molecule has 0 radical (unpaired) electrons. The number of hydrogen-bond acceptors (Lipinski definition) is 1. The van der Waals surface area contributed by atoms with Crippen molar-refractivity contribution in [3.8, 4) is 11.1 Å². The van der Waals surface area contributed by atoms with Crippen LogP contribution in [-0.4, -0.2) is 6.54 Å². The summed E-state index contributed by atoms with van der Waals surface area (Å²) >= 11 is 6.37. The van der Waals surface area contributed by atoms with Crippen molar-refractivity contribution in [2.75, 3.05) is 6.54 Å². The molecule has 0 saturated carbocycles. The summed E-state index contributed by atoms with van der Waals surface area (Å²) in [5.74, 6) is 0. The lowest BCUT2D eigenvalue weighted by atomic mass is 9.99. The third-order valence-electron chi connectivity index (χ3n) is 3.25. The van der Waals surface area contributed by atoms with Crippen molar-refractivity contribution in [1.29, 1.82) is 0 Å². The Morgan fingerprint density at radius 3 is 2.58 bits per heavy atom. The lowest BCUT2D eigenvalue weighted by Crippen LogP contribution is -2.13. The van der Waals surface area contributed by atoms with E-state index in [-0.39, 0.29) is 0 Å². The van der Waals surface area contributed by atoms with E-state index in [0.717, 1.165) is 30.1 Å². The number of nitrogens with one attached hydrogen (secondary N) is 1. The zero-order valence-electron chi connectivity index (χ0n) is 11.5. The summed E-state index contributed by atoms with van der Waals surface area (Å²) in [5, 5.41) is 4.22. The number of rotatable bonds is 5. The van der Waals surface area contributed by atoms with E-state index in [2.05, 4.69) is 61.6 Å². The molecule has 1 N–H and O–H groups in total. The average Bonchev–Trinajstić information content (AvgIpc) is 2.41. The summed E-state index contributed by atoms with van der Waals surface area (Å²) < 4.78 is 0. The predicted octanol–water partition coefficient (Wildman–Crippen LogP) is 4.82. The number of benzene rings is 2. The molecule has 2 heteroatoms. The Labute approximate surface area is 120 Å². The first-order chi connectivity index (χ1) is 9.22. The summed E-state index contributed by atoms with van der Waals surface area (Å²) in [6.07, 6.45) is 1.14. The van der Waals surface area contributed by atoms with Gasteiger partial charge in [0.25, 0.3) is 0 Å². The van der Waals surface area contributed by atoms with Crippen LogP contribution in [0.3, 0.4) is 0 Å². The zero-order chi connectivity index (χ0) is 13.7. The lowest BCUT2D eigenvalue weighted by Gasteiger charge is -2.10. The number of halogens is 1. The molecular formula is C17H20ClN. The molecule has 2 rings (SSSR count). The van der Waals surface area contributed by atoms with Crippen molar-refractivity contribution in [3.05, 3.63) is 58.6 Å². The van der Waals surface area contributed by atoms with Crippen LogP contribution in [0.15, 0.2) is 42.5 Å². The quantitative estimate of drug-likeness (QED) is 0.771. The number of aryl methyl sites for hydroxylation is 1. The molecule has 2 aromatic rings. The zero-order valence-corrected chi connectivity index (χ0v) is 12.3. The van der Waals surface area contributed by atoms with Crippen LogP contribution in [0.25, 0.3) is 11.1 Å². The molecule has 0 aliphatic rings. The number of hydrogen-bond donors (Lipinski definition) is 1. The first kappa shape index (κ1) is 14.1. The van der Waals surface area contributed by atoms with Gasteiger partial charge in [-0.15, -0.1) is 0 Å². The molecule has 1 nitrogen and oxygen atoms in total. The van der Waals surface area contributed by atoms with Gasteiger partial charge in [-0.2, -0.15) is 0 Å². The van der Waals surface area contributed by atoms with Gasteiger partial charge in [0.1, 0.15) is 0 Å². The molecule has 100 valence electrons. The highest BCUT2D eigenvalue weighted by atomic mass is 35.5. The molecule has 0 spiro atoms. The molecule has 0 aromatic heterocycles. The second-order valence-electron chi connectivity index (χ2n) is 4.80. The third-order valence-corrected chi connectivity index (χ3v) is 3.60. The van der Waals surface area contributed by atoms with E-state index in [9.17, 15) is 0 Å². The van der Waals surface area contributed by atoms with Gasteiger partial charge < -0.3 is 5.32 Å². The van der Waals surface area contributed by atoms with Crippen LogP contribution in [0.5, 0.6) is 0 Å². The van der Waals surface area contributed by atoms with Gasteiger partial charge in [-0.3, -0.25) is 0 Å². The highest BCUT2D eigenvalue weighted by molar-refractivity contribution is 6.31. The van der Waals surface area contributed by atoms with Gasteiger partial charge in [-0.05, 0) is 48.2 Å². The second kappa shape index (κ2) is 6.74. The van der Waals surface area contributed by atoms with Crippen molar-refractivity contribution < 1.29 is 0 Å². The molecular weight excluding hydrogens is 254 g/mol. The Hall–Kier alpha value is -1.31. The second-order valence-corrected chi connectivity index (χ2v) is 5.21. The molecule has 2 aromatic carbocycles. The van der Waals surface area contributed by atoms with Crippen molar-refractivity contribution in [2.45, 2.75) is 26.8 Å². The molecule has 0 heterocycles. The van der Waals surface area contributed by atoms with Gasteiger partial charge in [-0.1, -0.05) is 54.9 Å². The van der Waals surface area contributed by atoms with Gasteiger partial charge in [0.2, 0.25) is 0 Å². The van der Waals surface area contributed by atoms with E-state index in [0.29, 0.717) is 0 Å². The van der Waals surface area contributed by atoms with E-state index >= 15 is 0 Å². The van der Waals surface area contributed by atoms with Crippen molar-refractivity contribution >= 4 is 11.6 Å². The minimum absolute atomic E-state index is 0.834. The van der Waals surface area contributed by atoms with Crippen molar-refractivity contribution in [1.82, 2.24) is 5.32 Å². The maximum absolute atomic E-state index is 6.37. The highest BCUT2D eigenvalue weighted by Crippen LogP contribution is 2.27. The van der Waals surface area contributed by atoms with E-state index in [1.165, 1.54) is 16.7 Å². The lowest BCUT2D eigenvalue weighted by molar-refractivity contribution is 0.675. The largest absolute Gasteiger partial charge is 0.313 e. The van der Waals surface area contributed by atoms with Crippen molar-refractivity contribution in [3.63, 3.8) is 0 Å². The van der Waals surface area contributed by atoms with Crippen molar-refractivity contribution in [2.24, 2.45) is 0 Å². The van der Waals surface area contributed by atoms with Crippen LogP contribution >= 0.6 is 11.6 Å². The molecule has 0 aliphatic carbocycles. The fourth-order valence-electron chi connectivity index (χ4n) is 2.15. The molecule has 0 aliphatic heterocycles. The summed E-state index contributed by atoms with van der Waals surface area (Å²) in [7, 11) is 0. The Bertz CT molecular complexity index is 549. The summed E-state index contributed by atoms with van der Waals surface area (Å²) in [5.41, 5.74) is 4.86. The average molecular weight is 274 g/mol. The van der Waals surface area contributed by atoms with Crippen LogP contribution in [0, 0.1) is 6.92 Å². The minimum atomic E-state index is 0.834. The summed E-state index contributed by atoms with van der Waals surface area (Å²) in [6.45, 7) is 6.15. The predicted molar refractivity (Wildman–Crippen MR) is 83.6 cm³/mol. The molecule has 0 fully saturated rings. The Balaban J connectivity index is 2.21. The molecule has 19 heavy (non-hydrogen) atoms. The summed E-state index contributed by atoms with van der Waals surface area (Å²) in [6, 6.07) is 14.7. The molecule has 0 saturated heterocycles. The van der Waals surface area contributed by atoms with E-state index in [1.807, 2.05) is 0 Å². The summed E-state index contributed by atoms with van der Waals surface area (Å²) in [4.78, 5) is 0. The first-order valence-corrected chi connectivity index (χ1v) is 7.15. The Kier molecular flexibility index (Phi) is 5.00. The first-order valence-electron chi connectivity index (χ1n) is 6.77. The minimum Gasteiger partial charge on any atom is -0.313 e. The molecule has 0 amide bonds. The van der Waals surface area contributed by atoms with E-state index in [4.69, 9.17) is 11.6 Å². The van der Waals surface area contributed by atoms with Gasteiger partial charge in [0.15, 0.2) is 0 Å². The monoisotopic (exact) mass is 273 g/mol. The fourth-order valence-corrected chi connectivity index (χ4v) is 2.40. The van der Waals surface area contributed by atoms with Gasteiger partial charge in [0.05, 0.1) is 0 Å². The topological polar surface area (TPSA) is 12.0 Å². The Morgan fingerprint density at radius 2 is 1.89 bits per heavy atom. The van der Waals surface area contributed by atoms with Crippen LogP contribution in [0.2, 0.25) is 5.02 Å². The van der Waals surface area contributed by atoms with E-state index in [1.54, 1.807) is 0 Å². The third kappa shape index (κ3) is 3.59. The van der Waals surface area contributed by atoms with Crippen LogP contribution in [0.1, 0.15) is 24.5 Å². The maximum atomic E-state index is 6.37. The standard InChI is InChI=1S/C17H20ClN/c1-3-10-19-12-15-9-8-14(11-17(15)18)16-7-5-4-6-13(16)2/h4-9,11,19H,3,10,12H2,1-2H3. The Morgan fingerprint density at radius 1 is 1.11 bits per heavy atom. The van der Waals surface area contributed by atoms with Crippen LogP contribution in [0.4, 0.5) is 0 Å². The normalized spacial score (nSPS) is 10.7. The van der Waals surface area contributed by atoms with Gasteiger partial charge >= 0.3 is 0 Å². The van der Waals surface area contributed by atoms with E-state index < -0.39 is 0 Å². The van der Waals surface area contributed by atoms with Crippen LogP contribution in [-0.2, 0) is 6.54 Å². The maximum Gasteiger partial charge on any atom is 0.0457 e. The molecule has 0 atom stereocenters. The molecule has 0 bridgehead atoms. The smallest absolute Gasteiger partial charge is 0.0457 e. The highest BCUT2D eigenvalue weighted by Gasteiger charge is 2.05. The fraction of sp³-hybridized carbons (Fsp3) is 0.294. The SMILES string of the molecule is CCCNCc1ccc(-c2ccccc2C)cc1Cl. The molecule has 0 unspecified atom stereocenters. The van der Waals surface area contributed by atoms with Gasteiger partial charge in [0, 0.05) is 11.6 Å². The van der Waals surface area contributed by atoms with Gasteiger partial charge in [-0.25, -0.2) is 0 Å². The van der Waals surface area contributed by atoms with Crippen LogP contribution < -0.4 is 5.32 Å².